The van der Waals surface area contributed by atoms with Crippen LogP contribution in [0.3, 0.4) is 0 Å². The van der Waals surface area contributed by atoms with Crippen LogP contribution < -0.4 is 15.8 Å². The van der Waals surface area contributed by atoms with Gasteiger partial charge in [0.15, 0.2) is 0 Å². The lowest BCUT2D eigenvalue weighted by Gasteiger charge is -2.37. The summed E-state index contributed by atoms with van der Waals surface area (Å²) in [5, 5.41) is 3.03. The normalized spacial score (nSPS) is 16.4. The van der Waals surface area contributed by atoms with Crippen LogP contribution in [0.5, 0.6) is 0 Å². The smallest absolute Gasteiger partial charge is 0.253 e. The van der Waals surface area contributed by atoms with E-state index in [4.69, 9.17) is 14.5 Å². The number of ether oxygens (including phenoxy) is 2. The molecule has 2 N–H and O–H groups in total. The van der Waals surface area contributed by atoms with Gasteiger partial charge in [-0.15, -0.1) is 0 Å². The zero-order chi connectivity index (χ0) is 29.6. The standard InChI is InChI=1S/C33H43N5O4/c1-5-38(28-8-12-41-13-9-28)31-18-26(25-6-7-27(34-19-25)21-37-10-14-42-15-11-37)17-29(24(31)4)32(39)35-20-30-22(2)16-23(3)36-33(30)40/h6-7,16-19,28H,5,8-15,20-21H2,1-4H3,(H,35,39)(H,36,40). The Bertz CT molecular complexity index is 1440. The average Bonchev–Trinajstić information content (AvgIpc) is 2.99. The molecule has 3 aromatic rings. The summed E-state index contributed by atoms with van der Waals surface area (Å²) in [6.45, 7) is 14.5. The number of nitrogens with one attached hydrogen (secondary N) is 2. The summed E-state index contributed by atoms with van der Waals surface area (Å²) in [6, 6.07) is 10.6. The second-order valence-electron chi connectivity index (χ2n) is 11.3. The minimum absolute atomic E-state index is 0.161. The molecule has 5 rings (SSSR count). The van der Waals surface area contributed by atoms with Crippen LogP contribution >= 0.6 is 0 Å². The number of carbonyl (C=O) groups is 1. The number of nitrogens with zero attached hydrogens (tertiary/aromatic N) is 3. The first-order valence-electron chi connectivity index (χ1n) is 15.1. The molecule has 2 saturated heterocycles. The fourth-order valence-electron chi connectivity index (χ4n) is 6.06. The highest BCUT2D eigenvalue weighted by Crippen LogP contribution is 2.34. The minimum Gasteiger partial charge on any atom is -0.381 e. The van der Waals surface area contributed by atoms with Gasteiger partial charge in [0.05, 0.1) is 18.9 Å². The number of H-pyrrole nitrogens is 1. The molecular formula is C33H43N5O4. The molecule has 2 fully saturated rings. The fraction of sp³-hybridized carbons (Fsp3) is 0.485. The molecule has 1 amide bonds. The minimum atomic E-state index is -0.199. The number of amides is 1. The highest BCUT2D eigenvalue weighted by Gasteiger charge is 2.25. The molecule has 9 heteroatoms. The first kappa shape index (κ1) is 29.9. The number of rotatable bonds is 9. The molecule has 0 saturated carbocycles. The van der Waals surface area contributed by atoms with E-state index in [1.807, 2.05) is 39.1 Å². The molecule has 1 aromatic carbocycles. The van der Waals surface area contributed by atoms with Crippen molar-refractivity contribution in [3.05, 3.63) is 80.5 Å². The van der Waals surface area contributed by atoms with Crippen molar-refractivity contribution in [1.29, 1.82) is 0 Å². The fourth-order valence-corrected chi connectivity index (χ4v) is 6.06. The van der Waals surface area contributed by atoms with Gasteiger partial charge in [0.25, 0.3) is 11.5 Å². The van der Waals surface area contributed by atoms with Crippen molar-refractivity contribution < 1.29 is 14.3 Å². The third kappa shape index (κ3) is 6.91. The Balaban J connectivity index is 1.46. The molecule has 0 atom stereocenters. The Morgan fingerprint density at radius 1 is 1.05 bits per heavy atom. The molecule has 2 aliphatic rings. The van der Waals surface area contributed by atoms with E-state index in [0.717, 1.165) is 105 Å². The predicted molar refractivity (Wildman–Crippen MR) is 165 cm³/mol. The van der Waals surface area contributed by atoms with Crippen molar-refractivity contribution >= 4 is 11.6 Å². The third-order valence-corrected chi connectivity index (χ3v) is 8.47. The summed E-state index contributed by atoms with van der Waals surface area (Å²) in [6.07, 6.45) is 3.81. The molecule has 0 unspecified atom stereocenters. The van der Waals surface area contributed by atoms with Gasteiger partial charge in [0.2, 0.25) is 0 Å². The summed E-state index contributed by atoms with van der Waals surface area (Å²) >= 11 is 0. The maximum Gasteiger partial charge on any atom is 0.253 e. The lowest BCUT2D eigenvalue weighted by atomic mass is 9.95. The molecule has 2 aromatic heterocycles. The van der Waals surface area contributed by atoms with Crippen LogP contribution in [0.4, 0.5) is 5.69 Å². The van der Waals surface area contributed by atoms with Gasteiger partial charge in [-0.3, -0.25) is 19.5 Å². The van der Waals surface area contributed by atoms with Crippen molar-refractivity contribution in [1.82, 2.24) is 20.2 Å². The van der Waals surface area contributed by atoms with Crippen molar-refractivity contribution in [2.75, 3.05) is 51.0 Å². The molecule has 224 valence electrons. The third-order valence-electron chi connectivity index (χ3n) is 8.47. The first-order valence-corrected chi connectivity index (χ1v) is 15.1. The number of morpholine rings is 1. The van der Waals surface area contributed by atoms with Gasteiger partial charge in [0, 0.05) is 86.2 Å². The number of hydrogen-bond donors (Lipinski definition) is 2. The highest BCUT2D eigenvalue weighted by molar-refractivity contribution is 5.99. The van der Waals surface area contributed by atoms with E-state index < -0.39 is 0 Å². The van der Waals surface area contributed by atoms with Crippen LogP contribution in [0, 0.1) is 20.8 Å². The molecule has 4 heterocycles. The van der Waals surface area contributed by atoms with Crippen molar-refractivity contribution in [3.63, 3.8) is 0 Å². The largest absolute Gasteiger partial charge is 0.381 e. The zero-order valence-corrected chi connectivity index (χ0v) is 25.3. The predicted octanol–water partition coefficient (Wildman–Crippen LogP) is 4.13. The molecule has 0 radical (unpaired) electrons. The quantitative estimate of drug-likeness (QED) is 0.397. The maximum atomic E-state index is 13.7. The number of pyridine rings is 2. The number of hydrogen-bond acceptors (Lipinski definition) is 7. The Morgan fingerprint density at radius 2 is 1.79 bits per heavy atom. The van der Waals surface area contributed by atoms with Crippen LogP contribution in [0.25, 0.3) is 11.1 Å². The SMILES string of the molecule is CCN(c1cc(-c2ccc(CN3CCOCC3)nc2)cc(C(=O)NCc2c(C)cc(C)[nH]c2=O)c1C)C1CCOCC1. The lowest BCUT2D eigenvalue weighted by molar-refractivity contribution is 0.0336. The Morgan fingerprint density at radius 3 is 2.45 bits per heavy atom. The van der Waals surface area contributed by atoms with E-state index in [0.29, 0.717) is 17.2 Å². The van der Waals surface area contributed by atoms with Crippen LogP contribution in [0.15, 0.2) is 41.3 Å². The average molecular weight is 574 g/mol. The van der Waals surface area contributed by atoms with E-state index in [2.05, 4.69) is 45.2 Å². The Labute approximate surface area is 248 Å². The van der Waals surface area contributed by atoms with E-state index in [1.165, 1.54) is 0 Å². The maximum absolute atomic E-state index is 13.7. The molecule has 9 nitrogen and oxygen atoms in total. The van der Waals surface area contributed by atoms with Gasteiger partial charge in [-0.1, -0.05) is 6.07 Å². The van der Waals surface area contributed by atoms with Crippen LogP contribution in [-0.2, 0) is 22.6 Å². The van der Waals surface area contributed by atoms with Crippen molar-refractivity contribution in [2.24, 2.45) is 0 Å². The second kappa shape index (κ2) is 13.6. The molecule has 0 aliphatic carbocycles. The van der Waals surface area contributed by atoms with Crippen molar-refractivity contribution in [3.8, 4) is 11.1 Å². The van der Waals surface area contributed by atoms with E-state index >= 15 is 0 Å². The van der Waals surface area contributed by atoms with Gasteiger partial charge >= 0.3 is 0 Å². The van der Waals surface area contributed by atoms with Crippen molar-refractivity contribution in [2.45, 2.75) is 59.7 Å². The van der Waals surface area contributed by atoms with E-state index in [-0.39, 0.29) is 18.0 Å². The highest BCUT2D eigenvalue weighted by atomic mass is 16.5. The van der Waals surface area contributed by atoms with Crippen LogP contribution in [-0.4, -0.2) is 72.9 Å². The zero-order valence-electron chi connectivity index (χ0n) is 25.3. The lowest BCUT2D eigenvalue weighted by Crippen LogP contribution is -2.40. The summed E-state index contributed by atoms with van der Waals surface area (Å²) in [4.78, 5) is 38.7. The number of carbonyl (C=O) groups excluding carboxylic acids is 1. The summed E-state index contributed by atoms with van der Waals surface area (Å²) in [7, 11) is 0. The van der Waals surface area contributed by atoms with Gasteiger partial charge in [-0.05, 0) is 81.5 Å². The second-order valence-corrected chi connectivity index (χ2v) is 11.3. The monoisotopic (exact) mass is 573 g/mol. The summed E-state index contributed by atoms with van der Waals surface area (Å²) in [5.74, 6) is -0.199. The molecular weight excluding hydrogens is 530 g/mol. The molecule has 42 heavy (non-hydrogen) atoms. The van der Waals surface area contributed by atoms with Gasteiger partial charge in [-0.25, -0.2) is 0 Å². The van der Waals surface area contributed by atoms with Gasteiger partial charge in [-0.2, -0.15) is 0 Å². The van der Waals surface area contributed by atoms with Crippen LogP contribution in [0.2, 0.25) is 0 Å². The number of aromatic nitrogens is 2. The van der Waals surface area contributed by atoms with Gasteiger partial charge < -0.3 is 24.7 Å². The Hall–Kier alpha value is -3.53. The number of benzene rings is 1. The topological polar surface area (TPSA) is 99.8 Å². The first-order chi connectivity index (χ1) is 20.3. The molecule has 2 aliphatic heterocycles. The molecule has 0 spiro atoms. The Kier molecular flexibility index (Phi) is 9.72. The van der Waals surface area contributed by atoms with E-state index in [9.17, 15) is 9.59 Å². The summed E-state index contributed by atoms with van der Waals surface area (Å²) < 4.78 is 11.1. The van der Waals surface area contributed by atoms with Gasteiger partial charge in [0.1, 0.15) is 0 Å². The number of aromatic amines is 1. The summed E-state index contributed by atoms with van der Waals surface area (Å²) in [5.41, 5.74) is 7.57. The number of aryl methyl sites for hydroxylation is 2. The molecule has 0 bridgehead atoms. The number of anilines is 1. The van der Waals surface area contributed by atoms with E-state index in [1.54, 1.807) is 0 Å². The van der Waals surface area contributed by atoms with Crippen LogP contribution in [0.1, 0.15) is 58.2 Å².